The normalized spacial score (nSPS) is 26.2. The van der Waals surface area contributed by atoms with Gasteiger partial charge in [-0.2, -0.15) is 4.99 Å². The minimum absolute atomic E-state index is 0.0120. The van der Waals surface area contributed by atoms with E-state index in [-0.39, 0.29) is 17.7 Å². The summed E-state index contributed by atoms with van der Waals surface area (Å²) in [6, 6.07) is 0. The largest absolute Gasteiger partial charge is 0.314 e. The Balaban J connectivity index is 2.00. The van der Waals surface area contributed by atoms with Crippen LogP contribution in [0.5, 0.6) is 0 Å². The van der Waals surface area contributed by atoms with Crippen LogP contribution >= 0.6 is 0 Å². The van der Waals surface area contributed by atoms with Gasteiger partial charge < -0.3 is 10.6 Å². The number of carbonyl (C=O) groups excluding carboxylic acids is 2. The molecule has 2 N–H and O–H groups in total. The van der Waals surface area contributed by atoms with E-state index in [0.29, 0.717) is 12.4 Å². The molecular weight excluding hydrogens is 232 g/mol. The molecule has 0 aromatic carbocycles. The molecule has 1 fully saturated rings. The third-order valence-electron chi connectivity index (χ3n) is 3.31. The molecule has 1 atom stereocenters. The van der Waals surface area contributed by atoms with Crippen molar-refractivity contribution in [2.45, 2.75) is 13.8 Å². The van der Waals surface area contributed by atoms with E-state index in [9.17, 15) is 9.59 Å². The van der Waals surface area contributed by atoms with Crippen LogP contribution in [0.2, 0.25) is 0 Å². The lowest BCUT2D eigenvalue weighted by atomic mass is 9.93. The molecule has 0 aromatic heterocycles. The summed E-state index contributed by atoms with van der Waals surface area (Å²) in [6.45, 7) is 7.96. The number of carbonyl (C=O) groups is 2. The summed E-state index contributed by atoms with van der Waals surface area (Å²) in [5.41, 5.74) is 0. The molecule has 2 rings (SSSR count). The molecule has 6 heteroatoms. The van der Waals surface area contributed by atoms with E-state index in [2.05, 4.69) is 20.5 Å². The van der Waals surface area contributed by atoms with E-state index in [1.165, 1.54) is 0 Å². The Morgan fingerprint density at radius 2 is 2.00 bits per heavy atom. The lowest BCUT2D eigenvalue weighted by Gasteiger charge is -2.29. The first-order chi connectivity index (χ1) is 8.58. The molecule has 100 valence electrons. The maximum atomic E-state index is 11.9. The number of hydrogen-bond donors (Lipinski definition) is 2. The van der Waals surface area contributed by atoms with Crippen molar-refractivity contribution in [2.75, 3.05) is 32.7 Å². The van der Waals surface area contributed by atoms with Crippen LogP contribution in [0, 0.1) is 11.8 Å². The van der Waals surface area contributed by atoms with Crippen molar-refractivity contribution in [3.8, 4) is 0 Å². The van der Waals surface area contributed by atoms with E-state index in [4.69, 9.17) is 0 Å². The van der Waals surface area contributed by atoms with Crippen LogP contribution in [0.1, 0.15) is 13.8 Å². The van der Waals surface area contributed by atoms with Crippen molar-refractivity contribution in [1.29, 1.82) is 0 Å². The molecular formula is C12H20N4O2. The second-order valence-corrected chi connectivity index (χ2v) is 5.13. The fourth-order valence-electron chi connectivity index (χ4n) is 2.31. The predicted molar refractivity (Wildman–Crippen MR) is 68.2 cm³/mol. The highest BCUT2D eigenvalue weighted by molar-refractivity contribution is 6.16. The SMILES string of the molecule is CC(C)C1C(=O)N=C(CN2CCNCC2)NC1=O. The van der Waals surface area contributed by atoms with Gasteiger partial charge in [0.1, 0.15) is 11.8 Å². The fraction of sp³-hybridized carbons (Fsp3) is 0.750. The molecule has 2 amide bonds. The first-order valence-electron chi connectivity index (χ1n) is 6.43. The topological polar surface area (TPSA) is 73.8 Å². The standard InChI is InChI=1S/C12H20N4O2/c1-8(2)10-11(17)14-9(15-12(10)18)7-16-5-3-13-4-6-16/h8,10,13H,3-7H2,1-2H3,(H,14,15,17,18). The monoisotopic (exact) mass is 252 g/mol. The quantitative estimate of drug-likeness (QED) is 0.646. The van der Waals surface area contributed by atoms with Crippen molar-refractivity contribution in [3.63, 3.8) is 0 Å². The van der Waals surface area contributed by atoms with Crippen LogP contribution in [0.25, 0.3) is 0 Å². The number of rotatable bonds is 3. The first kappa shape index (κ1) is 13.2. The zero-order valence-electron chi connectivity index (χ0n) is 10.9. The Hall–Kier alpha value is -1.27. The summed E-state index contributed by atoms with van der Waals surface area (Å²) >= 11 is 0. The second kappa shape index (κ2) is 5.58. The number of aliphatic imine (C=N–C) groups is 1. The van der Waals surface area contributed by atoms with E-state index in [1.807, 2.05) is 13.8 Å². The molecule has 0 saturated carbocycles. The van der Waals surface area contributed by atoms with Gasteiger partial charge in [0.15, 0.2) is 0 Å². The van der Waals surface area contributed by atoms with Crippen molar-refractivity contribution in [3.05, 3.63) is 0 Å². The van der Waals surface area contributed by atoms with E-state index >= 15 is 0 Å². The zero-order valence-corrected chi connectivity index (χ0v) is 10.9. The predicted octanol–water partition coefficient (Wildman–Crippen LogP) is -0.781. The van der Waals surface area contributed by atoms with Crippen molar-refractivity contribution in [1.82, 2.24) is 15.5 Å². The Bertz CT molecular complexity index is 372. The number of amidine groups is 1. The average molecular weight is 252 g/mol. The van der Waals surface area contributed by atoms with Gasteiger partial charge in [-0.15, -0.1) is 0 Å². The third-order valence-corrected chi connectivity index (χ3v) is 3.31. The van der Waals surface area contributed by atoms with Crippen LogP contribution in [0.4, 0.5) is 0 Å². The highest BCUT2D eigenvalue weighted by Crippen LogP contribution is 2.16. The van der Waals surface area contributed by atoms with Crippen LogP contribution in [-0.2, 0) is 9.59 Å². The molecule has 2 aliphatic heterocycles. The molecule has 1 saturated heterocycles. The number of hydrogen-bond acceptors (Lipinski definition) is 4. The summed E-state index contributed by atoms with van der Waals surface area (Å²) < 4.78 is 0. The summed E-state index contributed by atoms with van der Waals surface area (Å²) in [5, 5.41) is 6.01. The molecule has 0 aliphatic carbocycles. The highest BCUT2D eigenvalue weighted by atomic mass is 16.2. The highest BCUT2D eigenvalue weighted by Gasteiger charge is 2.34. The lowest BCUT2D eigenvalue weighted by molar-refractivity contribution is -0.135. The van der Waals surface area contributed by atoms with Gasteiger partial charge in [-0.1, -0.05) is 13.8 Å². The van der Waals surface area contributed by atoms with Gasteiger partial charge in [0.05, 0.1) is 6.54 Å². The van der Waals surface area contributed by atoms with E-state index in [1.54, 1.807) is 0 Å². The molecule has 18 heavy (non-hydrogen) atoms. The second-order valence-electron chi connectivity index (χ2n) is 5.13. The Kier molecular flexibility index (Phi) is 4.08. The van der Waals surface area contributed by atoms with Crippen molar-refractivity contribution < 1.29 is 9.59 Å². The Labute approximate surface area is 107 Å². The molecule has 1 unspecified atom stereocenters. The van der Waals surface area contributed by atoms with Crippen LogP contribution in [-0.4, -0.2) is 55.3 Å². The van der Waals surface area contributed by atoms with Crippen LogP contribution in [0.15, 0.2) is 4.99 Å². The zero-order chi connectivity index (χ0) is 13.1. The molecule has 2 aliphatic rings. The summed E-state index contributed by atoms with van der Waals surface area (Å²) in [7, 11) is 0. The van der Waals surface area contributed by atoms with Gasteiger partial charge in [0, 0.05) is 26.2 Å². The maximum Gasteiger partial charge on any atom is 0.260 e. The molecule has 0 bridgehead atoms. The summed E-state index contributed by atoms with van der Waals surface area (Å²) in [5.74, 6) is -0.670. The minimum atomic E-state index is -0.628. The first-order valence-corrected chi connectivity index (χ1v) is 6.43. The number of nitrogens with one attached hydrogen (secondary N) is 2. The smallest absolute Gasteiger partial charge is 0.260 e. The molecule has 6 nitrogen and oxygen atoms in total. The molecule has 0 radical (unpaired) electrons. The number of nitrogens with zero attached hydrogens (tertiary/aromatic N) is 2. The van der Waals surface area contributed by atoms with Gasteiger partial charge in [-0.3, -0.25) is 14.5 Å². The minimum Gasteiger partial charge on any atom is -0.314 e. The number of piperazine rings is 1. The van der Waals surface area contributed by atoms with E-state index in [0.717, 1.165) is 26.2 Å². The van der Waals surface area contributed by atoms with Gasteiger partial charge in [-0.25, -0.2) is 0 Å². The van der Waals surface area contributed by atoms with Crippen molar-refractivity contribution >= 4 is 17.6 Å². The average Bonchev–Trinajstić information content (AvgIpc) is 2.28. The van der Waals surface area contributed by atoms with E-state index < -0.39 is 5.92 Å². The van der Waals surface area contributed by atoms with Crippen molar-refractivity contribution in [2.24, 2.45) is 16.8 Å². The molecule has 0 aromatic rings. The maximum absolute atomic E-state index is 11.9. The fourth-order valence-corrected chi connectivity index (χ4v) is 2.31. The van der Waals surface area contributed by atoms with Gasteiger partial charge in [-0.05, 0) is 5.92 Å². The lowest BCUT2D eigenvalue weighted by Crippen LogP contribution is -2.52. The molecule has 0 spiro atoms. The van der Waals surface area contributed by atoms with Gasteiger partial charge in [0.25, 0.3) is 5.91 Å². The number of amides is 2. The molecule has 2 heterocycles. The Morgan fingerprint density at radius 1 is 1.33 bits per heavy atom. The summed E-state index contributed by atoms with van der Waals surface area (Å²) in [4.78, 5) is 29.9. The Morgan fingerprint density at radius 3 is 2.56 bits per heavy atom. The van der Waals surface area contributed by atoms with Crippen LogP contribution < -0.4 is 10.6 Å². The third kappa shape index (κ3) is 2.94. The van der Waals surface area contributed by atoms with Gasteiger partial charge >= 0.3 is 0 Å². The summed E-state index contributed by atoms with van der Waals surface area (Å²) in [6.07, 6.45) is 0. The van der Waals surface area contributed by atoms with Crippen LogP contribution in [0.3, 0.4) is 0 Å². The van der Waals surface area contributed by atoms with Gasteiger partial charge in [0.2, 0.25) is 5.91 Å².